The number of carbonyl (C=O) groups is 2. The number of carbonyl (C=O) groups excluding carboxylic acids is 2. The second-order valence-electron chi connectivity index (χ2n) is 8.65. The molecule has 0 aliphatic rings. The average Bonchev–Trinajstić information content (AvgIpc) is 3.14. The van der Waals surface area contributed by atoms with Gasteiger partial charge in [0, 0.05) is 12.1 Å². The fraction of sp³-hybridized carbons (Fsp3) is 0.241. The van der Waals surface area contributed by atoms with Gasteiger partial charge in [-0.25, -0.2) is 4.79 Å². The molecule has 0 bridgehead atoms. The number of hydrogen-bond donors (Lipinski definition) is 2. The molecule has 0 radical (unpaired) electrons. The van der Waals surface area contributed by atoms with Crippen LogP contribution in [0.1, 0.15) is 57.8 Å². The van der Waals surface area contributed by atoms with Crippen LogP contribution in [0, 0.1) is 13.8 Å². The molecule has 5 nitrogen and oxygen atoms in total. The summed E-state index contributed by atoms with van der Waals surface area (Å²) in [6.45, 7) is 6.05. The van der Waals surface area contributed by atoms with E-state index in [1.165, 1.54) is 0 Å². The minimum Gasteiger partial charge on any atom is -0.456 e. The van der Waals surface area contributed by atoms with Gasteiger partial charge in [0.25, 0.3) is 0 Å². The second-order valence-corrected chi connectivity index (χ2v) is 8.65. The SMILES string of the molecule is Cc1[nH]c(C(=O)OCc2ccccc2)c(C)c1CCC(=O)N[C@@H](C)c1cccc2ccccc12. The first-order valence-electron chi connectivity index (χ1n) is 11.6. The van der Waals surface area contributed by atoms with Gasteiger partial charge >= 0.3 is 5.97 Å². The molecule has 0 saturated heterocycles. The molecule has 174 valence electrons. The van der Waals surface area contributed by atoms with E-state index in [1.54, 1.807) is 0 Å². The highest BCUT2D eigenvalue weighted by molar-refractivity contribution is 5.90. The van der Waals surface area contributed by atoms with Crippen molar-refractivity contribution in [1.29, 1.82) is 0 Å². The number of aryl methyl sites for hydroxylation is 1. The molecule has 4 rings (SSSR count). The van der Waals surface area contributed by atoms with Crippen LogP contribution in [0.4, 0.5) is 0 Å². The molecule has 5 heteroatoms. The first-order valence-corrected chi connectivity index (χ1v) is 11.6. The lowest BCUT2D eigenvalue weighted by Crippen LogP contribution is -2.27. The smallest absolute Gasteiger partial charge is 0.355 e. The van der Waals surface area contributed by atoms with Crippen LogP contribution in [0.25, 0.3) is 10.8 Å². The molecule has 1 amide bonds. The number of nitrogens with one attached hydrogen (secondary N) is 2. The Balaban J connectivity index is 1.37. The van der Waals surface area contributed by atoms with Crippen molar-refractivity contribution in [3.05, 3.63) is 106 Å². The first-order chi connectivity index (χ1) is 16.4. The van der Waals surface area contributed by atoms with Gasteiger partial charge in [-0.15, -0.1) is 0 Å². The highest BCUT2D eigenvalue weighted by Gasteiger charge is 2.20. The second kappa shape index (κ2) is 10.4. The molecule has 0 unspecified atom stereocenters. The van der Waals surface area contributed by atoms with Gasteiger partial charge in [0.1, 0.15) is 12.3 Å². The number of aromatic nitrogens is 1. The molecular formula is C29H30N2O3. The summed E-state index contributed by atoms with van der Waals surface area (Å²) in [5.41, 5.74) is 5.20. The van der Waals surface area contributed by atoms with Crippen molar-refractivity contribution < 1.29 is 14.3 Å². The van der Waals surface area contributed by atoms with E-state index in [-0.39, 0.29) is 24.5 Å². The van der Waals surface area contributed by atoms with E-state index >= 15 is 0 Å². The molecule has 1 heterocycles. The fourth-order valence-corrected chi connectivity index (χ4v) is 4.42. The summed E-state index contributed by atoms with van der Waals surface area (Å²) >= 11 is 0. The maximum atomic E-state index is 12.7. The molecular weight excluding hydrogens is 424 g/mol. The summed E-state index contributed by atoms with van der Waals surface area (Å²) in [6.07, 6.45) is 0.890. The maximum Gasteiger partial charge on any atom is 0.355 e. The number of hydrogen-bond acceptors (Lipinski definition) is 3. The minimum absolute atomic E-state index is 0.0198. The van der Waals surface area contributed by atoms with Crippen molar-refractivity contribution in [2.24, 2.45) is 0 Å². The van der Waals surface area contributed by atoms with E-state index in [9.17, 15) is 9.59 Å². The Labute approximate surface area is 200 Å². The van der Waals surface area contributed by atoms with Crippen LogP contribution < -0.4 is 5.32 Å². The molecule has 2 N–H and O–H groups in total. The topological polar surface area (TPSA) is 71.2 Å². The van der Waals surface area contributed by atoms with Crippen LogP contribution in [0.5, 0.6) is 0 Å². The lowest BCUT2D eigenvalue weighted by Gasteiger charge is -2.17. The number of fused-ring (bicyclic) bond motifs is 1. The predicted molar refractivity (Wildman–Crippen MR) is 135 cm³/mol. The van der Waals surface area contributed by atoms with Gasteiger partial charge in [-0.2, -0.15) is 0 Å². The first kappa shape index (κ1) is 23.3. The third kappa shape index (κ3) is 5.20. The number of aromatic amines is 1. The largest absolute Gasteiger partial charge is 0.456 e. The zero-order chi connectivity index (χ0) is 24.1. The number of rotatable bonds is 8. The normalized spacial score (nSPS) is 11.9. The van der Waals surface area contributed by atoms with E-state index in [0.29, 0.717) is 18.5 Å². The number of esters is 1. The van der Waals surface area contributed by atoms with Gasteiger partial charge < -0.3 is 15.0 Å². The zero-order valence-corrected chi connectivity index (χ0v) is 19.9. The number of amides is 1. The monoisotopic (exact) mass is 454 g/mol. The zero-order valence-electron chi connectivity index (χ0n) is 19.9. The molecule has 0 fully saturated rings. The standard InChI is InChI=1S/C29H30N2O3/c1-19-24(20(2)31-28(19)29(33)34-18-22-10-5-4-6-11-22)16-17-27(32)30-21(3)25-15-9-13-23-12-7-8-14-26(23)25/h4-15,21,31H,16-18H2,1-3H3,(H,30,32)/t21-/m0/s1. The number of ether oxygens (including phenoxy) is 1. The van der Waals surface area contributed by atoms with Gasteiger partial charge in [-0.05, 0) is 60.2 Å². The van der Waals surface area contributed by atoms with Gasteiger partial charge in [0.2, 0.25) is 5.91 Å². The van der Waals surface area contributed by atoms with E-state index in [1.807, 2.05) is 69.3 Å². The summed E-state index contributed by atoms with van der Waals surface area (Å²) in [5, 5.41) is 5.43. The highest BCUT2D eigenvalue weighted by Crippen LogP contribution is 2.25. The van der Waals surface area contributed by atoms with Crippen LogP contribution >= 0.6 is 0 Å². The minimum atomic E-state index is -0.385. The Bertz CT molecular complexity index is 1300. The Morgan fingerprint density at radius 3 is 2.44 bits per heavy atom. The molecule has 1 aromatic heterocycles. The Morgan fingerprint density at radius 1 is 0.941 bits per heavy atom. The van der Waals surface area contributed by atoms with Crippen LogP contribution in [0.15, 0.2) is 72.8 Å². The fourth-order valence-electron chi connectivity index (χ4n) is 4.42. The van der Waals surface area contributed by atoms with Crippen LogP contribution in [-0.2, 0) is 22.6 Å². The van der Waals surface area contributed by atoms with E-state index in [2.05, 4.69) is 34.6 Å². The average molecular weight is 455 g/mol. The lowest BCUT2D eigenvalue weighted by molar-refractivity contribution is -0.121. The van der Waals surface area contributed by atoms with Crippen molar-refractivity contribution in [1.82, 2.24) is 10.3 Å². The van der Waals surface area contributed by atoms with Crippen LogP contribution in [0.3, 0.4) is 0 Å². The summed E-state index contributed by atoms with van der Waals surface area (Å²) in [5.74, 6) is -0.404. The lowest BCUT2D eigenvalue weighted by atomic mass is 9.99. The molecule has 4 aromatic rings. The number of benzene rings is 3. The third-order valence-corrected chi connectivity index (χ3v) is 6.28. The van der Waals surface area contributed by atoms with E-state index in [0.717, 1.165) is 38.7 Å². The van der Waals surface area contributed by atoms with Gasteiger partial charge in [-0.3, -0.25) is 4.79 Å². The molecule has 0 saturated carbocycles. The van der Waals surface area contributed by atoms with Crippen LogP contribution in [-0.4, -0.2) is 16.9 Å². The quantitative estimate of drug-likeness (QED) is 0.323. The van der Waals surface area contributed by atoms with Gasteiger partial charge in [0.15, 0.2) is 0 Å². The van der Waals surface area contributed by atoms with Crippen LogP contribution in [0.2, 0.25) is 0 Å². The van der Waals surface area contributed by atoms with Crippen molar-refractivity contribution in [3.8, 4) is 0 Å². The van der Waals surface area contributed by atoms with Crippen molar-refractivity contribution in [2.45, 2.75) is 46.3 Å². The number of H-pyrrole nitrogens is 1. The summed E-state index contributed by atoms with van der Waals surface area (Å²) in [7, 11) is 0. The highest BCUT2D eigenvalue weighted by atomic mass is 16.5. The molecule has 0 spiro atoms. The van der Waals surface area contributed by atoms with Crippen molar-refractivity contribution in [2.75, 3.05) is 0 Å². The summed E-state index contributed by atoms with van der Waals surface area (Å²) in [6, 6.07) is 23.8. The maximum absolute atomic E-state index is 12.7. The van der Waals surface area contributed by atoms with Gasteiger partial charge in [0.05, 0.1) is 6.04 Å². The molecule has 34 heavy (non-hydrogen) atoms. The Hall–Kier alpha value is -3.86. The van der Waals surface area contributed by atoms with Crippen molar-refractivity contribution >= 4 is 22.6 Å². The Morgan fingerprint density at radius 2 is 1.65 bits per heavy atom. The molecule has 0 aliphatic carbocycles. The third-order valence-electron chi connectivity index (χ3n) is 6.28. The summed E-state index contributed by atoms with van der Waals surface area (Å²) in [4.78, 5) is 28.5. The summed E-state index contributed by atoms with van der Waals surface area (Å²) < 4.78 is 5.48. The van der Waals surface area contributed by atoms with E-state index in [4.69, 9.17) is 4.74 Å². The predicted octanol–water partition coefficient (Wildman–Crippen LogP) is 5.95. The van der Waals surface area contributed by atoms with Gasteiger partial charge in [-0.1, -0.05) is 72.8 Å². The molecule has 1 atom stereocenters. The Kier molecular flexibility index (Phi) is 7.12. The molecule has 3 aromatic carbocycles. The van der Waals surface area contributed by atoms with E-state index < -0.39 is 0 Å². The van der Waals surface area contributed by atoms with Crippen molar-refractivity contribution in [3.63, 3.8) is 0 Å². The molecule has 0 aliphatic heterocycles.